The summed E-state index contributed by atoms with van der Waals surface area (Å²) in [5, 5.41) is 8.51. The summed E-state index contributed by atoms with van der Waals surface area (Å²) in [6, 6.07) is 14.2. The lowest BCUT2D eigenvalue weighted by atomic mass is 10.1. The van der Waals surface area contributed by atoms with E-state index in [4.69, 9.17) is 16.7 Å². The molecular weight excluding hydrogens is 391 g/mol. The summed E-state index contributed by atoms with van der Waals surface area (Å²) in [5.41, 5.74) is 0.0680. The predicted molar refractivity (Wildman–Crippen MR) is 102 cm³/mol. The topological polar surface area (TPSA) is 67.2 Å². The van der Waals surface area contributed by atoms with Crippen LogP contribution in [0.25, 0.3) is 11.3 Å². The quantitative estimate of drug-likeness (QED) is 0.613. The minimum Gasteiger partial charge on any atom is -0.355 e. The number of anilines is 1. The third-order valence-electron chi connectivity index (χ3n) is 3.92. The van der Waals surface area contributed by atoms with E-state index < -0.39 is 17.6 Å². The molecule has 1 heterocycles. The highest BCUT2D eigenvalue weighted by atomic mass is 32.1. The molecule has 0 spiro atoms. The highest BCUT2D eigenvalue weighted by Gasteiger charge is 2.33. The van der Waals surface area contributed by atoms with Crippen LogP contribution in [0.4, 0.5) is 18.9 Å². The lowest BCUT2D eigenvalue weighted by Crippen LogP contribution is -2.34. The largest absolute Gasteiger partial charge is 0.416 e. The van der Waals surface area contributed by atoms with Gasteiger partial charge in [-0.3, -0.25) is 10.1 Å². The summed E-state index contributed by atoms with van der Waals surface area (Å²) in [7, 11) is 0. The Morgan fingerprint density at radius 1 is 1.11 bits per heavy atom. The molecule has 0 aliphatic carbocycles. The van der Waals surface area contributed by atoms with Crippen LogP contribution < -0.4 is 10.6 Å². The van der Waals surface area contributed by atoms with Crippen molar-refractivity contribution in [1.82, 2.24) is 10.5 Å². The SMILES string of the molecule is Cc1c(NC(=S)NC(=O)c2cc(-c3ccccc3)on2)cccc1C(F)(F)F. The van der Waals surface area contributed by atoms with E-state index in [2.05, 4.69) is 15.8 Å². The van der Waals surface area contributed by atoms with Gasteiger partial charge in [-0.15, -0.1) is 0 Å². The number of carbonyl (C=O) groups is 1. The number of aromatic nitrogens is 1. The number of carbonyl (C=O) groups excluding carboxylic acids is 1. The molecule has 2 aromatic carbocycles. The van der Waals surface area contributed by atoms with Crippen LogP contribution in [0.3, 0.4) is 0 Å². The maximum absolute atomic E-state index is 13.0. The van der Waals surface area contributed by atoms with E-state index in [-0.39, 0.29) is 22.1 Å². The van der Waals surface area contributed by atoms with Crippen molar-refractivity contribution >= 4 is 28.9 Å². The number of thiocarbonyl (C=S) groups is 1. The smallest absolute Gasteiger partial charge is 0.355 e. The van der Waals surface area contributed by atoms with Gasteiger partial charge >= 0.3 is 6.18 Å². The van der Waals surface area contributed by atoms with Crippen LogP contribution >= 0.6 is 12.2 Å². The standard InChI is InChI=1S/C19H14F3N3O2S/c1-11-13(19(20,21)22)8-5-9-14(11)23-18(28)24-17(26)15-10-16(27-25-15)12-6-3-2-4-7-12/h2-10H,1H3,(H2,23,24,26,28). The summed E-state index contributed by atoms with van der Waals surface area (Å²) in [6.45, 7) is 1.32. The second-order valence-electron chi connectivity index (χ2n) is 5.83. The highest BCUT2D eigenvalue weighted by Crippen LogP contribution is 2.34. The average molecular weight is 405 g/mol. The third-order valence-corrected chi connectivity index (χ3v) is 4.12. The van der Waals surface area contributed by atoms with Crippen molar-refractivity contribution in [2.24, 2.45) is 0 Å². The number of nitrogens with one attached hydrogen (secondary N) is 2. The summed E-state index contributed by atoms with van der Waals surface area (Å²) < 4.78 is 44.1. The molecule has 3 aromatic rings. The molecule has 5 nitrogen and oxygen atoms in total. The van der Waals surface area contributed by atoms with Gasteiger partial charge in [-0.05, 0) is 36.8 Å². The molecule has 28 heavy (non-hydrogen) atoms. The summed E-state index contributed by atoms with van der Waals surface area (Å²) in [6.07, 6.45) is -4.48. The fraction of sp³-hybridized carbons (Fsp3) is 0.105. The molecule has 9 heteroatoms. The van der Waals surface area contributed by atoms with Crippen molar-refractivity contribution in [2.45, 2.75) is 13.1 Å². The Bertz CT molecular complexity index is 1020. The molecule has 3 rings (SSSR count). The molecule has 1 aromatic heterocycles. The molecule has 0 unspecified atom stereocenters. The highest BCUT2D eigenvalue weighted by molar-refractivity contribution is 7.80. The van der Waals surface area contributed by atoms with Gasteiger partial charge in [0, 0.05) is 17.3 Å². The zero-order chi connectivity index (χ0) is 20.3. The fourth-order valence-corrected chi connectivity index (χ4v) is 2.72. The normalized spacial score (nSPS) is 11.1. The molecule has 0 bridgehead atoms. The van der Waals surface area contributed by atoms with Crippen LogP contribution in [0.5, 0.6) is 0 Å². The Labute approximate surface area is 163 Å². The first kappa shape index (κ1) is 19.6. The lowest BCUT2D eigenvalue weighted by molar-refractivity contribution is -0.138. The minimum atomic E-state index is -4.48. The number of alkyl halides is 3. The van der Waals surface area contributed by atoms with Crippen molar-refractivity contribution < 1.29 is 22.5 Å². The monoisotopic (exact) mass is 405 g/mol. The van der Waals surface area contributed by atoms with Gasteiger partial charge < -0.3 is 9.84 Å². The molecule has 1 amide bonds. The number of amides is 1. The van der Waals surface area contributed by atoms with Crippen molar-refractivity contribution in [3.63, 3.8) is 0 Å². The van der Waals surface area contributed by atoms with Crippen LogP contribution in [-0.2, 0) is 6.18 Å². The van der Waals surface area contributed by atoms with E-state index in [9.17, 15) is 18.0 Å². The predicted octanol–water partition coefficient (Wildman–Crippen LogP) is 4.80. The zero-order valence-corrected chi connectivity index (χ0v) is 15.3. The van der Waals surface area contributed by atoms with Crippen LogP contribution in [0.15, 0.2) is 59.1 Å². The van der Waals surface area contributed by atoms with Gasteiger partial charge in [0.25, 0.3) is 5.91 Å². The van der Waals surface area contributed by atoms with Gasteiger partial charge in [0.05, 0.1) is 5.56 Å². The summed E-state index contributed by atoms with van der Waals surface area (Å²) in [5.74, 6) is -0.244. The molecule has 0 aliphatic rings. The van der Waals surface area contributed by atoms with Crippen molar-refractivity contribution in [2.75, 3.05) is 5.32 Å². The molecule has 0 saturated heterocycles. The Hall–Kier alpha value is -3.20. The maximum Gasteiger partial charge on any atom is 0.416 e. The molecule has 144 valence electrons. The van der Waals surface area contributed by atoms with E-state index in [0.29, 0.717) is 5.76 Å². The van der Waals surface area contributed by atoms with Crippen LogP contribution in [-0.4, -0.2) is 16.2 Å². The second kappa shape index (κ2) is 7.81. The number of halogens is 3. The molecule has 2 N–H and O–H groups in total. The van der Waals surface area contributed by atoms with E-state index >= 15 is 0 Å². The van der Waals surface area contributed by atoms with E-state index in [1.165, 1.54) is 25.1 Å². The number of hydrogen-bond donors (Lipinski definition) is 2. The van der Waals surface area contributed by atoms with Gasteiger partial charge in [-0.25, -0.2) is 0 Å². The second-order valence-corrected chi connectivity index (χ2v) is 6.23. The van der Waals surface area contributed by atoms with E-state index in [1.807, 2.05) is 18.2 Å². The zero-order valence-electron chi connectivity index (χ0n) is 14.5. The Morgan fingerprint density at radius 2 is 1.82 bits per heavy atom. The number of benzene rings is 2. The third kappa shape index (κ3) is 4.37. The van der Waals surface area contributed by atoms with Gasteiger partial charge in [0.2, 0.25) is 0 Å². The molecule has 0 fully saturated rings. The molecule has 0 radical (unpaired) electrons. The molecule has 0 aliphatic heterocycles. The van der Waals surface area contributed by atoms with Crippen LogP contribution in [0.1, 0.15) is 21.6 Å². The number of hydrogen-bond acceptors (Lipinski definition) is 4. The Balaban J connectivity index is 1.69. The van der Waals surface area contributed by atoms with Crippen LogP contribution in [0.2, 0.25) is 0 Å². The summed E-state index contributed by atoms with van der Waals surface area (Å²) >= 11 is 5.03. The van der Waals surface area contributed by atoms with Gasteiger partial charge in [-0.1, -0.05) is 41.6 Å². The fourth-order valence-electron chi connectivity index (χ4n) is 2.52. The maximum atomic E-state index is 13.0. The first-order chi connectivity index (χ1) is 13.3. The number of nitrogens with zero attached hydrogens (tertiary/aromatic N) is 1. The van der Waals surface area contributed by atoms with Gasteiger partial charge in [0.15, 0.2) is 16.6 Å². The van der Waals surface area contributed by atoms with E-state index in [0.717, 1.165) is 11.6 Å². The van der Waals surface area contributed by atoms with Crippen LogP contribution in [0, 0.1) is 6.92 Å². The lowest BCUT2D eigenvalue weighted by Gasteiger charge is -2.15. The van der Waals surface area contributed by atoms with Crippen molar-refractivity contribution in [1.29, 1.82) is 0 Å². The Kier molecular flexibility index (Phi) is 5.46. The Morgan fingerprint density at radius 3 is 2.50 bits per heavy atom. The van der Waals surface area contributed by atoms with Crippen molar-refractivity contribution in [3.8, 4) is 11.3 Å². The molecule has 0 saturated carbocycles. The summed E-state index contributed by atoms with van der Waals surface area (Å²) in [4.78, 5) is 12.3. The number of rotatable bonds is 3. The average Bonchev–Trinajstić information content (AvgIpc) is 3.13. The first-order valence-corrected chi connectivity index (χ1v) is 8.48. The minimum absolute atomic E-state index is 0.0104. The van der Waals surface area contributed by atoms with Gasteiger partial charge in [0.1, 0.15) is 0 Å². The molecular formula is C19H14F3N3O2S. The molecule has 0 atom stereocenters. The first-order valence-electron chi connectivity index (χ1n) is 8.07. The van der Waals surface area contributed by atoms with Gasteiger partial charge in [-0.2, -0.15) is 13.2 Å². The van der Waals surface area contributed by atoms with E-state index in [1.54, 1.807) is 12.1 Å². The van der Waals surface area contributed by atoms with Crippen molar-refractivity contribution in [3.05, 3.63) is 71.4 Å².